The molecule has 0 spiro atoms. The van der Waals surface area contributed by atoms with Crippen LogP contribution >= 0.6 is 0 Å². The monoisotopic (exact) mass is 240 g/mol. The molecule has 1 N–H and O–H groups in total. The Morgan fingerprint density at radius 3 is 2.00 bits per heavy atom. The Labute approximate surface area is 106 Å². The average molecular weight is 240 g/mol. The molecule has 0 rings (SSSR count). The summed E-state index contributed by atoms with van der Waals surface area (Å²) < 4.78 is 0. The number of unbranched alkanes of at least 4 members (excludes halogenated alkanes) is 8. The normalized spacial score (nSPS) is 11.1. The van der Waals surface area contributed by atoms with Gasteiger partial charge in [-0.05, 0) is 25.7 Å². The van der Waals surface area contributed by atoms with Crippen LogP contribution in [0.1, 0.15) is 77.6 Å². The van der Waals surface area contributed by atoms with Crippen molar-refractivity contribution in [3.05, 3.63) is 12.2 Å². The fraction of sp³-hybridized carbons (Fsp3) is 0.800. The van der Waals surface area contributed by atoms with Crippen LogP contribution in [0.4, 0.5) is 0 Å². The van der Waals surface area contributed by atoms with E-state index < -0.39 is 5.97 Å². The molecular weight excluding hydrogens is 212 g/mol. The molecule has 0 aliphatic heterocycles. The summed E-state index contributed by atoms with van der Waals surface area (Å²) >= 11 is 0. The largest absolute Gasteiger partial charge is 0.481 e. The Morgan fingerprint density at radius 2 is 1.41 bits per heavy atom. The molecule has 0 heterocycles. The minimum absolute atomic E-state index is 0.336. The van der Waals surface area contributed by atoms with E-state index in [4.69, 9.17) is 5.11 Å². The van der Waals surface area contributed by atoms with E-state index in [1.807, 2.05) is 0 Å². The molecule has 0 atom stereocenters. The highest BCUT2D eigenvalue weighted by molar-refractivity contribution is 5.66. The van der Waals surface area contributed by atoms with Gasteiger partial charge in [0.2, 0.25) is 0 Å². The minimum Gasteiger partial charge on any atom is -0.481 e. The number of carboxylic acids is 1. The highest BCUT2D eigenvalue weighted by Crippen LogP contribution is 2.10. The van der Waals surface area contributed by atoms with Gasteiger partial charge in [0.25, 0.3) is 0 Å². The van der Waals surface area contributed by atoms with Crippen molar-refractivity contribution in [2.45, 2.75) is 77.6 Å². The summed E-state index contributed by atoms with van der Waals surface area (Å²) in [5.74, 6) is -0.663. The van der Waals surface area contributed by atoms with Gasteiger partial charge in [0, 0.05) is 6.42 Å². The van der Waals surface area contributed by atoms with Gasteiger partial charge in [-0.25, -0.2) is 0 Å². The van der Waals surface area contributed by atoms with Gasteiger partial charge < -0.3 is 5.11 Å². The first-order chi connectivity index (χ1) is 8.27. The molecule has 0 bridgehead atoms. The van der Waals surface area contributed by atoms with Crippen molar-refractivity contribution in [1.29, 1.82) is 0 Å². The van der Waals surface area contributed by atoms with E-state index in [9.17, 15) is 4.79 Å². The summed E-state index contributed by atoms with van der Waals surface area (Å²) in [5.41, 5.74) is 0. The molecule has 0 saturated carbocycles. The predicted octanol–water partition coefficient (Wildman–Crippen LogP) is 4.94. The Morgan fingerprint density at radius 1 is 0.882 bits per heavy atom. The van der Waals surface area contributed by atoms with Gasteiger partial charge in [-0.15, -0.1) is 0 Å². The molecule has 0 fully saturated rings. The quantitative estimate of drug-likeness (QED) is 0.387. The maximum absolute atomic E-state index is 10.3. The summed E-state index contributed by atoms with van der Waals surface area (Å²) in [6.07, 6.45) is 16.9. The standard InChI is InChI=1S/C15H28O2/c1-2-3-4-5-6-7-8-9-10-11-12-13-14-15(16)17/h4-5H,2-3,6-14H2,1H3,(H,16,17). The molecule has 0 aromatic carbocycles. The van der Waals surface area contributed by atoms with Gasteiger partial charge in [-0.2, -0.15) is 0 Å². The van der Waals surface area contributed by atoms with Crippen LogP contribution in [0.5, 0.6) is 0 Å². The summed E-state index contributed by atoms with van der Waals surface area (Å²) in [6, 6.07) is 0. The van der Waals surface area contributed by atoms with Crippen LogP contribution in [0.15, 0.2) is 12.2 Å². The predicted molar refractivity (Wildman–Crippen MR) is 73.2 cm³/mol. The SMILES string of the molecule is CCCC=CCCCCCCCCCC(=O)O. The van der Waals surface area contributed by atoms with E-state index in [1.54, 1.807) is 0 Å². The Bertz CT molecular complexity index is 197. The van der Waals surface area contributed by atoms with Crippen molar-refractivity contribution in [2.24, 2.45) is 0 Å². The van der Waals surface area contributed by atoms with Crippen molar-refractivity contribution in [1.82, 2.24) is 0 Å². The Kier molecular flexibility index (Phi) is 12.7. The van der Waals surface area contributed by atoms with Crippen molar-refractivity contribution in [3.63, 3.8) is 0 Å². The lowest BCUT2D eigenvalue weighted by molar-refractivity contribution is -0.137. The van der Waals surface area contributed by atoms with Gasteiger partial charge in [-0.1, -0.05) is 57.6 Å². The molecule has 100 valence electrons. The zero-order valence-corrected chi connectivity index (χ0v) is 11.3. The number of rotatable bonds is 12. The second kappa shape index (κ2) is 13.3. The van der Waals surface area contributed by atoms with E-state index in [0.29, 0.717) is 6.42 Å². The third-order valence-electron chi connectivity index (χ3n) is 2.88. The number of aliphatic carboxylic acids is 1. The summed E-state index contributed by atoms with van der Waals surface area (Å²) in [7, 11) is 0. The van der Waals surface area contributed by atoms with E-state index in [-0.39, 0.29) is 0 Å². The summed E-state index contributed by atoms with van der Waals surface area (Å²) in [6.45, 7) is 2.20. The number of allylic oxidation sites excluding steroid dienone is 2. The van der Waals surface area contributed by atoms with Gasteiger partial charge >= 0.3 is 5.97 Å². The third kappa shape index (κ3) is 15.2. The molecular formula is C15H28O2. The second-order valence-electron chi connectivity index (χ2n) is 4.67. The molecule has 0 amide bonds. The molecule has 0 aromatic rings. The van der Waals surface area contributed by atoms with Crippen LogP contribution < -0.4 is 0 Å². The van der Waals surface area contributed by atoms with Crippen LogP contribution in [-0.4, -0.2) is 11.1 Å². The van der Waals surface area contributed by atoms with Crippen molar-refractivity contribution in [2.75, 3.05) is 0 Å². The smallest absolute Gasteiger partial charge is 0.303 e. The Hall–Kier alpha value is -0.790. The zero-order valence-electron chi connectivity index (χ0n) is 11.3. The number of carbonyl (C=O) groups is 1. The topological polar surface area (TPSA) is 37.3 Å². The molecule has 0 aliphatic rings. The molecule has 0 radical (unpaired) electrons. The molecule has 0 unspecified atom stereocenters. The minimum atomic E-state index is -0.663. The van der Waals surface area contributed by atoms with E-state index in [1.165, 1.54) is 51.4 Å². The molecule has 0 saturated heterocycles. The molecule has 17 heavy (non-hydrogen) atoms. The highest BCUT2D eigenvalue weighted by Gasteiger charge is 1.96. The average Bonchev–Trinajstić information content (AvgIpc) is 2.30. The van der Waals surface area contributed by atoms with Crippen LogP contribution in [0, 0.1) is 0 Å². The number of carboxylic acid groups (broad SMARTS) is 1. The second-order valence-corrected chi connectivity index (χ2v) is 4.67. The van der Waals surface area contributed by atoms with Crippen LogP contribution in [-0.2, 0) is 4.79 Å². The van der Waals surface area contributed by atoms with Crippen LogP contribution in [0.25, 0.3) is 0 Å². The van der Waals surface area contributed by atoms with Gasteiger partial charge in [0.1, 0.15) is 0 Å². The lowest BCUT2D eigenvalue weighted by Crippen LogP contribution is -1.93. The molecule has 2 heteroatoms. The first-order valence-electron chi connectivity index (χ1n) is 7.14. The summed E-state index contributed by atoms with van der Waals surface area (Å²) in [4.78, 5) is 10.3. The highest BCUT2D eigenvalue weighted by atomic mass is 16.4. The van der Waals surface area contributed by atoms with Crippen molar-refractivity contribution in [3.8, 4) is 0 Å². The number of hydrogen-bond donors (Lipinski definition) is 1. The van der Waals surface area contributed by atoms with Crippen molar-refractivity contribution >= 4 is 5.97 Å². The maximum atomic E-state index is 10.3. The Balaban J connectivity index is 3.01. The fourth-order valence-electron chi connectivity index (χ4n) is 1.82. The first-order valence-corrected chi connectivity index (χ1v) is 7.14. The van der Waals surface area contributed by atoms with Crippen LogP contribution in [0.2, 0.25) is 0 Å². The number of hydrogen-bond acceptors (Lipinski definition) is 1. The lowest BCUT2D eigenvalue weighted by Gasteiger charge is -2.00. The third-order valence-corrected chi connectivity index (χ3v) is 2.88. The van der Waals surface area contributed by atoms with Gasteiger partial charge in [0.15, 0.2) is 0 Å². The fourth-order valence-corrected chi connectivity index (χ4v) is 1.82. The molecule has 0 aliphatic carbocycles. The molecule has 0 aromatic heterocycles. The van der Waals surface area contributed by atoms with Gasteiger partial charge in [0.05, 0.1) is 0 Å². The van der Waals surface area contributed by atoms with E-state index in [2.05, 4.69) is 19.1 Å². The first kappa shape index (κ1) is 16.2. The molecule has 2 nitrogen and oxygen atoms in total. The maximum Gasteiger partial charge on any atom is 0.303 e. The summed E-state index contributed by atoms with van der Waals surface area (Å²) in [5, 5.41) is 8.47. The van der Waals surface area contributed by atoms with Crippen LogP contribution in [0.3, 0.4) is 0 Å². The van der Waals surface area contributed by atoms with Gasteiger partial charge in [-0.3, -0.25) is 4.79 Å². The van der Waals surface area contributed by atoms with E-state index in [0.717, 1.165) is 12.8 Å². The zero-order chi connectivity index (χ0) is 12.8. The van der Waals surface area contributed by atoms with Crippen molar-refractivity contribution < 1.29 is 9.90 Å². The lowest BCUT2D eigenvalue weighted by atomic mass is 10.1. The van der Waals surface area contributed by atoms with E-state index >= 15 is 0 Å².